The quantitative estimate of drug-likeness (QED) is 0.909. The molecule has 0 saturated carbocycles. The molecule has 0 saturated heterocycles. The molecule has 1 atom stereocenters. The first-order chi connectivity index (χ1) is 9.99. The second-order valence-electron chi connectivity index (χ2n) is 5.78. The summed E-state index contributed by atoms with van der Waals surface area (Å²) >= 11 is 0. The second-order valence-corrected chi connectivity index (χ2v) is 5.78. The largest absolute Gasteiger partial charge is 0.480 e. The number of hydrogen-bond donors (Lipinski definition) is 1. The van der Waals surface area contributed by atoms with Crippen LogP contribution in [-0.2, 0) is 11.2 Å². The number of aliphatic carboxylic acids is 1. The molecule has 2 aromatic carbocycles. The topological polar surface area (TPSA) is 40.5 Å². The molecule has 0 bridgehead atoms. The van der Waals surface area contributed by atoms with E-state index in [1.54, 1.807) is 6.92 Å². The van der Waals surface area contributed by atoms with Gasteiger partial charge in [0.15, 0.2) is 0 Å². The van der Waals surface area contributed by atoms with Crippen LogP contribution in [0.1, 0.15) is 29.2 Å². The maximum Gasteiger partial charge on any atom is 0.326 e. The van der Waals surface area contributed by atoms with E-state index >= 15 is 0 Å². The molecule has 0 fully saturated rings. The van der Waals surface area contributed by atoms with Crippen molar-refractivity contribution in [3.05, 3.63) is 58.7 Å². The van der Waals surface area contributed by atoms with Gasteiger partial charge in [0.25, 0.3) is 0 Å². The van der Waals surface area contributed by atoms with Crippen LogP contribution in [0, 0.1) is 13.8 Å². The maximum atomic E-state index is 11.6. The van der Waals surface area contributed by atoms with Crippen molar-refractivity contribution in [2.75, 3.05) is 4.90 Å². The summed E-state index contributed by atoms with van der Waals surface area (Å²) in [5.74, 6) is -0.807. The van der Waals surface area contributed by atoms with Crippen molar-refractivity contribution in [3.63, 3.8) is 0 Å². The minimum atomic E-state index is -0.807. The summed E-state index contributed by atoms with van der Waals surface area (Å²) in [6.45, 7) is 5.83. The van der Waals surface area contributed by atoms with E-state index in [0.29, 0.717) is 0 Å². The molecule has 108 valence electrons. The van der Waals surface area contributed by atoms with Crippen LogP contribution in [0.4, 0.5) is 11.4 Å². The van der Waals surface area contributed by atoms with Gasteiger partial charge in [0.2, 0.25) is 0 Å². The minimum absolute atomic E-state index is 0.592. The van der Waals surface area contributed by atoms with Gasteiger partial charge in [-0.15, -0.1) is 0 Å². The Balaban J connectivity index is 2.26. The highest BCUT2D eigenvalue weighted by Crippen LogP contribution is 2.42. The molecule has 0 radical (unpaired) electrons. The van der Waals surface area contributed by atoms with E-state index in [2.05, 4.69) is 24.3 Å². The number of carbonyl (C=O) groups is 1. The highest BCUT2D eigenvalue weighted by molar-refractivity contribution is 5.86. The molecule has 0 aliphatic carbocycles. The van der Waals surface area contributed by atoms with E-state index in [1.807, 2.05) is 30.9 Å². The molecule has 1 heterocycles. The van der Waals surface area contributed by atoms with E-state index in [9.17, 15) is 9.90 Å². The third-order valence-electron chi connectivity index (χ3n) is 4.19. The number of carboxylic acids is 1. The SMILES string of the molecule is Cc1ccc2c(c1)N(C(C)C(=O)O)c1c(C)cccc1C2. The number of para-hydroxylation sites is 1. The molecule has 3 heteroatoms. The molecule has 0 spiro atoms. The predicted molar refractivity (Wildman–Crippen MR) is 84.4 cm³/mol. The van der Waals surface area contributed by atoms with Gasteiger partial charge in [-0.3, -0.25) is 0 Å². The highest BCUT2D eigenvalue weighted by atomic mass is 16.4. The molecule has 1 N–H and O–H groups in total. The zero-order valence-corrected chi connectivity index (χ0v) is 12.6. The van der Waals surface area contributed by atoms with Crippen LogP contribution in [0.5, 0.6) is 0 Å². The molecular weight excluding hydrogens is 262 g/mol. The number of rotatable bonds is 2. The molecule has 2 aromatic rings. The van der Waals surface area contributed by atoms with E-state index < -0.39 is 12.0 Å². The Morgan fingerprint density at radius 1 is 1.19 bits per heavy atom. The molecule has 3 nitrogen and oxygen atoms in total. The summed E-state index contributed by atoms with van der Waals surface area (Å²) in [6, 6.07) is 11.9. The molecule has 1 unspecified atom stereocenters. The first-order valence-electron chi connectivity index (χ1n) is 7.19. The summed E-state index contributed by atoms with van der Waals surface area (Å²) < 4.78 is 0. The fourth-order valence-corrected chi connectivity index (χ4v) is 3.09. The third-order valence-corrected chi connectivity index (χ3v) is 4.19. The lowest BCUT2D eigenvalue weighted by atomic mass is 9.91. The van der Waals surface area contributed by atoms with Crippen LogP contribution in [0.2, 0.25) is 0 Å². The molecule has 1 aliphatic heterocycles. The van der Waals surface area contributed by atoms with Gasteiger partial charge in [0, 0.05) is 17.8 Å². The van der Waals surface area contributed by atoms with Crippen LogP contribution in [0.25, 0.3) is 0 Å². The number of aryl methyl sites for hydroxylation is 2. The van der Waals surface area contributed by atoms with Crippen molar-refractivity contribution in [1.29, 1.82) is 0 Å². The van der Waals surface area contributed by atoms with Crippen LogP contribution < -0.4 is 4.90 Å². The maximum absolute atomic E-state index is 11.6. The van der Waals surface area contributed by atoms with Gasteiger partial charge >= 0.3 is 5.97 Å². The fraction of sp³-hybridized carbons (Fsp3) is 0.278. The van der Waals surface area contributed by atoms with Crippen LogP contribution in [-0.4, -0.2) is 17.1 Å². The van der Waals surface area contributed by atoms with Gasteiger partial charge in [-0.05, 0) is 49.1 Å². The number of carboxylic acid groups (broad SMARTS) is 1. The number of benzene rings is 2. The lowest BCUT2D eigenvalue weighted by molar-refractivity contribution is -0.138. The highest BCUT2D eigenvalue weighted by Gasteiger charge is 2.30. The first kappa shape index (κ1) is 13.7. The molecular formula is C18H19NO2. The summed E-state index contributed by atoms with van der Waals surface area (Å²) in [5.41, 5.74) is 6.71. The van der Waals surface area contributed by atoms with Crippen molar-refractivity contribution >= 4 is 17.3 Å². The Morgan fingerprint density at radius 3 is 2.67 bits per heavy atom. The molecule has 3 rings (SSSR count). The van der Waals surface area contributed by atoms with Gasteiger partial charge in [-0.2, -0.15) is 0 Å². The predicted octanol–water partition coefficient (Wildman–Crippen LogP) is 3.82. The van der Waals surface area contributed by atoms with Gasteiger partial charge in [0.05, 0.1) is 0 Å². The molecule has 21 heavy (non-hydrogen) atoms. The van der Waals surface area contributed by atoms with Crippen molar-refractivity contribution in [2.45, 2.75) is 33.2 Å². The average molecular weight is 281 g/mol. The Bertz CT molecular complexity index is 721. The summed E-state index contributed by atoms with van der Waals surface area (Å²) in [4.78, 5) is 13.5. The van der Waals surface area contributed by atoms with Crippen molar-refractivity contribution < 1.29 is 9.90 Å². The zero-order chi connectivity index (χ0) is 15.1. The molecule has 1 aliphatic rings. The zero-order valence-electron chi connectivity index (χ0n) is 12.6. The van der Waals surface area contributed by atoms with Gasteiger partial charge in [-0.1, -0.05) is 30.3 Å². The molecule has 0 aromatic heterocycles. The summed E-state index contributed by atoms with van der Waals surface area (Å²) in [7, 11) is 0. The number of hydrogen-bond acceptors (Lipinski definition) is 2. The van der Waals surface area contributed by atoms with E-state index in [1.165, 1.54) is 11.1 Å². The van der Waals surface area contributed by atoms with Crippen molar-refractivity contribution in [2.24, 2.45) is 0 Å². The number of fused-ring (bicyclic) bond motifs is 2. The normalized spacial score (nSPS) is 14.3. The van der Waals surface area contributed by atoms with Crippen LogP contribution >= 0.6 is 0 Å². The molecule has 0 amide bonds. The van der Waals surface area contributed by atoms with Gasteiger partial charge in [0.1, 0.15) is 6.04 Å². The lowest BCUT2D eigenvalue weighted by Gasteiger charge is -2.37. The van der Waals surface area contributed by atoms with Gasteiger partial charge in [-0.25, -0.2) is 4.79 Å². The first-order valence-corrected chi connectivity index (χ1v) is 7.19. The lowest BCUT2D eigenvalue weighted by Crippen LogP contribution is -2.38. The Morgan fingerprint density at radius 2 is 1.95 bits per heavy atom. The summed E-state index contributed by atoms with van der Waals surface area (Å²) in [5, 5.41) is 9.50. The fourth-order valence-electron chi connectivity index (χ4n) is 3.09. The van der Waals surface area contributed by atoms with E-state index in [4.69, 9.17) is 0 Å². The Labute approximate surface area is 124 Å². The smallest absolute Gasteiger partial charge is 0.326 e. The van der Waals surface area contributed by atoms with E-state index in [-0.39, 0.29) is 0 Å². The van der Waals surface area contributed by atoms with Crippen LogP contribution in [0.3, 0.4) is 0 Å². The minimum Gasteiger partial charge on any atom is -0.480 e. The average Bonchev–Trinajstić information content (AvgIpc) is 2.45. The monoisotopic (exact) mass is 281 g/mol. The second kappa shape index (κ2) is 4.92. The summed E-state index contributed by atoms with van der Waals surface area (Å²) in [6.07, 6.45) is 0.857. The van der Waals surface area contributed by atoms with Crippen molar-refractivity contribution in [1.82, 2.24) is 0 Å². The Kier molecular flexibility index (Phi) is 3.20. The Hall–Kier alpha value is -2.29. The van der Waals surface area contributed by atoms with Gasteiger partial charge < -0.3 is 10.0 Å². The standard InChI is InChI=1S/C18H19NO2/c1-11-7-8-14-10-15-6-4-5-12(2)17(15)19(16(14)9-11)13(3)18(20)21/h4-9,13H,10H2,1-3H3,(H,20,21). The van der Waals surface area contributed by atoms with Crippen molar-refractivity contribution in [3.8, 4) is 0 Å². The third kappa shape index (κ3) is 2.19. The number of anilines is 2. The van der Waals surface area contributed by atoms with E-state index in [0.717, 1.165) is 28.9 Å². The number of nitrogens with zero attached hydrogens (tertiary/aromatic N) is 1. The van der Waals surface area contributed by atoms with Crippen LogP contribution in [0.15, 0.2) is 36.4 Å².